The van der Waals surface area contributed by atoms with Crippen molar-refractivity contribution in [2.24, 2.45) is 0 Å². The van der Waals surface area contributed by atoms with Gasteiger partial charge in [0, 0.05) is 11.8 Å². The molecule has 1 heterocycles. The first kappa shape index (κ1) is 21.4. The van der Waals surface area contributed by atoms with Gasteiger partial charge in [0.2, 0.25) is 0 Å². The highest BCUT2D eigenvalue weighted by Gasteiger charge is 2.30. The maximum absolute atomic E-state index is 13.3. The zero-order chi connectivity index (χ0) is 21.7. The highest BCUT2D eigenvalue weighted by atomic mass is 32.1. The molecule has 1 amide bonds. The quantitative estimate of drug-likeness (QED) is 0.583. The maximum atomic E-state index is 13.3. The number of carbonyl (C=O) groups is 1. The van der Waals surface area contributed by atoms with E-state index in [1.54, 1.807) is 32.4 Å². The molecule has 0 saturated carbocycles. The van der Waals surface area contributed by atoms with E-state index in [0.717, 1.165) is 11.3 Å². The third-order valence-electron chi connectivity index (χ3n) is 4.70. The number of nitrogens with one attached hydrogen (secondary N) is 3. The van der Waals surface area contributed by atoms with Crippen molar-refractivity contribution in [1.29, 1.82) is 0 Å². The van der Waals surface area contributed by atoms with Crippen molar-refractivity contribution >= 4 is 28.9 Å². The summed E-state index contributed by atoms with van der Waals surface area (Å²) in [4.78, 5) is 13.3. The average molecular weight is 428 g/mol. The van der Waals surface area contributed by atoms with Crippen LogP contribution in [0.3, 0.4) is 0 Å². The number of rotatable bonds is 7. The van der Waals surface area contributed by atoms with E-state index in [1.165, 1.54) is 0 Å². The summed E-state index contributed by atoms with van der Waals surface area (Å²) in [6.07, 6.45) is 0. The number of hydrogen-bond donors (Lipinski definition) is 3. The fourth-order valence-electron chi connectivity index (χ4n) is 3.26. The van der Waals surface area contributed by atoms with Crippen LogP contribution in [0.4, 0.5) is 5.69 Å². The van der Waals surface area contributed by atoms with Crippen molar-refractivity contribution in [3.63, 3.8) is 0 Å². The topological polar surface area (TPSA) is 80.9 Å². The Bertz CT molecular complexity index is 973. The van der Waals surface area contributed by atoms with E-state index in [0.29, 0.717) is 40.2 Å². The van der Waals surface area contributed by atoms with Crippen LogP contribution in [0.5, 0.6) is 17.2 Å². The van der Waals surface area contributed by atoms with Crippen LogP contribution in [0, 0.1) is 0 Å². The van der Waals surface area contributed by atoms with Crippen molar-refractivity contribution in [3.05, 3.63) is 59.3 Å². The molecule has 158 valence electrons. The summed E-state index contributed by atoms with van der Waals surface area (Å²) in [6, 6.07) is 12.4. The Labute approximate surface area is 181 Å². The van der Waals surface area contributed by atoms with Crippen LogP contribution in [0.15, 0.2) is 53.7 Å². The fraction of sp³-hybridized carbons (Fsp3) is 0.273. The first-order valence-corrected chi connectivity index (χ1v) is 9.92. The van der Waals surface area contributed by atoms with Crippen molar-refractivity contribution in [1.82, 2.24) is 10.6 Å². The number of methoxy groups -OCH3 is 2. The summed E-state index contributed by atoms with van der Waals surface area (Å²) in [6.45, 7) is 4.35. The van der Waals surface area contributed by atoms with Gasteiger partial charge in [-0.3, -0.25) is 4.79 Å². The molecule has 30 heavy (non-hydrogen) atoms. The van der Waals surface area contributed by atoms with Gasteiger partial charge in [0.1, 0.15) is 17.2 Å². The summed E-state index contributed by atoms with van der Waals surface area (Å²) < 4.78 is 16.1. The molecule has 7 nitrogen and oxygen atoms in total. The Morgan fingerprint density at radius 3 is 2.43 bits per heavy atom. The molecule has 3 N–H and O–H groups in total. The van der Waals surface area contributed by atoms with Gasteiger partial charge in [-0.15, -0.1) is 0 Å². The molecule has 8 heteroatoms. The first-order chi connectivity index (χ1) is 14.5. The summed E-state index contributed by atoms with van der Waals surface area (Å²) in [5, 5.41) is 9.62. The van der Waals surface area contributed by atoms with Gasteiger partial charge in [0.25, 0.3) is 5.91 Å². The second-order valence-electron chi connectivity index (χ2n) is 6.59. The standard InChI is InChI=1S/C22H25N3O4S/c1-5-29-15-8-6-14(7-9-15)20-19(13(2)23-22(30)25-20)21(26)24-17-11-10-16(27-3)12-18(17)28-4/h6-12,20H,5H2,1-4H3,(H,24,26)(H2,23,25,30). The molecule has 1 atom stereocenters. The van der Waals surface area contributed by atoms with Gasteiger partial charge in [-0.05, 0) is 55.9 Å². The van der Waals surface area contributed by atoms with Gasteiger partial charge < -0.3 is 30.2 Å². The summed E-state index contributed by atoms with van der Waals surface area (Å²) in [5.41, 5.74) is 2.66. The molecule has 1 aliphatic heterocycles. The van der Waals surface area contributed by atoms with E-state index in [9.17, 15) is 4.79 Å². The van der Waals surface area contributed by atoms with Gasteiger partial charge in [0.05, 0.1) is 38.1 Å². The molecule has 1 aliphatic rings. The lowest BCUT2D eigenvalue weighted by Gasteiger charge is -2.30. The van der Waals surface area contributed by atoms with E-state index in [-0.39, 0.29) is 5.91 Å². The third-order valence-corrected chi connectivity index (χ3v) is 4.92. The van der Waals surface area contributed by atoms with Gasteiger partial charge >= 0.3 is 0 Å². The van der Waals surface area contributed by atoms with Crippen LogP contribution in [0.2, 0.25) is 0 Å². The van der Waals surface area contributed by atoms with E-state index in [1.807, 2.05) is 38.1 Å². The number of thiocarbonyl (C=S) groups is 1. The predicted molar refractivity (Wildman–Crippen MR) is 120 cm³/mol. The predicted octanol–water partition coefficient (Wildman–Crippen LogP) is 3.53. The minimum Gasteiger partial charge on any atom is -0.497 e. The molecule has 1 unspecified atom stereocenters. The monoisotopic (exact) mass is 427 g/mol. The molecule has 0 aromatic heterocycles. The second kappa shape index (κ2) is 9.49. The summed E-state index contributed by atoms with van der Waals surface area (Å²) in [5.74, 6) is 1.65. The molecule has 2 aromatic carbocycles. The highest BCUT2D eigenvalue weighted by molar-refractivity contribution is 7.80. The summed E-state index contributed by atoms with van der Waals surface area (Å²) >= 11 is 5.32. The van der Waals surface area contributed by atoms with Crippen LogP contribution >= 0.6 is 12.2 Å². The van der Waals surface area contributed by atoms with E-state index >= 15 is 0 Å². The van der Waals surface area contributed by atoms with Crippen LogP contribution in [-0.4, -0.2) is 31.8 Å². The molecular weight excluding hydrogens is 402 g/mol. The number of amides is 1. The average Bonchev–Trinajstić information content (AvgIpc) is 2.74. The van der Waals surface area contributed by atoms with Crippen molar-refractivity contribution in [3.8, 4) is 17.2 Å². The van der Waals surface area contributed by atoms with Gasteiger partial charge in [-0.2, -0.15) is 0 Å². The maximum Gasteiger partial charge on any atom is 0.255 e. The Kier molecular flexibility index (Phi) is 6.79. The molecule has 0 fully saturated rings. The number of carbonyl (C=O) groups excluding carboxylic acids is 1. The minimum absolute atomic E-state index is 0.266. The number of allylic oxidation sites excluding steroid dienone is 1. The molecule has 0 saturated heterocycles. The van der Waals surface area contributed by atoms with Gasteiger partial charge in [-0.1, -0.05) is 12.1 Å². The SMILES string of the molecule is CCOc1ccc(C2NC(=S)NC(C)=C2C(=O)Nc2ccc(OC)cc2OC)cc1. The molecule has 3 rings (SSSR count). The largest absolute Gasteiger partial charge is 0.497 e. The molecular formula is C22H25N3O4S. The zero-order valence-corrected chi connectivity index (χ0v) is 18.2. The van der Waals surface area contributed by atoms with E-state index in [2.05, 4.69) is 16.0 Å². The van der Waals surface area contributed by atoms with Crippen molar-refractivity contribution in [2.45, 2.75) is 19.9 Å². The number of benzene rings is 2. The van der Waals surface area contributed by atoms with Crippen LogP contribution in [0.1, 0.15) is 25.5 Å². The molecule has 0 spiro atoms. The number of anilines is 1. The van der Waals surface area contributed by atoms with E-state index in [4.69, 9.17) is 26.4 Å². The highest BCUT2D eigenvalue weighted by Crippen LogP contribution is 2.32. The normalized spacial score (nSPS) is 15.7. The smallest absolute Gasteiger partial charge is 0.255 e. The second-order valence-corrected chi connectivity index (χ2v) is 7.00. The minimum atomic E-state index is -0.404. The van der Waals surface area contributed by atoms with Crippen LogP contribution in [-0.2, 0) is 4.79 Å². The Morgan fingerprint density at radius 2 is 1.80 bits per heavy atom. The lowest BCUT2D eigenvalue weighted by atomic mass is 9.95. The molecule has 0 radical (unpaired) electrons. The van der Waals surface area contributed by atoms with Crippen molar-refractivity contribution < 1.29 is 19.0 Å². The Hall–Kier alpha value is -3.26. The number of ether oxygens (including phenoxy) is 3. The molecule has 0 bridgehead atoms. The lowest BCUT2D eigenvalue weighted by molar-refractivity contribution is -0.113. The molecule has 0 aliphatic carbocycles. The fourth-order valence-corrected chi connectivity index (χ4v) is 3.53. The van der Waals surface area contributed by atoms with Gasteiger partial charge in [0.15, 0.2) is 5.11 Å². The van der Waals surface area contributed by atoms with E-state index < -0.39 is 6.04 Å². The van der Waals surface area contributed by atoms with Crippen LogP contribution in [0.25, 0.3) is 0 Å². The van der Waals surface area contributed by atoms with Crippen LogP contribution < -0.4 is 30.2 Å². The zero-order valence-electron chi connectivity index (χ0n) is 17.4. The van der Waals surface area contributed by atoms with Gasteiger partial charge in [-0.25, -0.2) is 0 Å². The number of hydrogen-bond acceptors (Lipinski definition) is 5. The third kappa shape index (κ3) is 4.65. The lowest BCUT2D eigenvalue weighted by Crippen LogP contribution is -2.45. The Balaban J connectivity index is 1.91. The first-order valence-electron chi connectivity index (χ1n) is 9.51. The molecule has 2 aromatic rings. The summed E-state index contributed by atoms with van der Waals surface area (Å²) in [7, 11) is 3.12. The Morgan fingerprint density at radius 1 is 1.10 bits per heavy atom. The van der Waals surface area contributed by atoms with Crippen molar-refractivity contribution in [2.75, 3.05) is 26.1 Å².